The summed E-state index contributed by atoms with van der Waals surface area (Å²) in [6.45, 7) is 25.0. The molecule has 0 bridgehead atoms. The second-order valence-corrected chi connectivity index (χ2v) is 21.9. The fraction of sp³-hybridized carbons (Fsp3) is 0.925. The third kappa shape index (κ3) is 17.0. The average Bonchev–Trinajstić information content (AvgIpc) is 3.45. The van der Waals surface area contributed by atoms with Crippen molar-refractivity contribution in [2.75, 3.05) is 54.7 Å². The Morgan fingerprint density at radius 1 is 0.822 bits per heavy atom. The van der Waals surface area contributed by atoms with Crippen LogP contribution in [0.2, 0.25) is 0 Å². The number of carbonyl (C=O) groups is 3. The standard InChI is InChI=1S/C52H92N2O18.CH4/c1-26(2)20-38(55)69-44-33(9)43(28(4)25-65-51-47(63-16)46(62-15)40(56)36(12)68-51)71-49(59)35(11)45(70-39-21-29(5)54(18-19-61-14)24-31(7)66-39)32(8)42(27(3)23-52(13,60)48(58)34(44)10)72-50-41(57)37(53-64-17)22-30(6)67-50;/h26-36,39-47,50-51,56-57,60H,18-25H2,1-17H3;1H4/b53-37+;/t27-,28-,29?,30+,31-,32+,33-,34+,35+,36+,39-,40+,41+,42-,43+,44+,45-,46+,47+,50-,51+,52-;/m0./s1. The average molecular weight is 1050 g/mol. The lowest BCUT2D eigenvalue weighted by Crippen LogP contribution is -2.59. The number of ketones is 1. The van der Waals surface area contributed by atoms with Gasteiger partial charge in [0, 0.05) is 77.5 Å². The van der Waals surface area contributed by atoms with Gasteiger partial charge in [-0.2, -0.15) is 0 Å². The summed E-state index contributed by atoms with van der Waals surface area (Å²) >= 11 is 0. The maximum Gasteiger partial charge on any atom is 0.311 e. The van der Waals surface area contributed by atoms with Crippen molar-refractivity contribution in [3.63, 3.8) is 0 Å². The minimum Gasteiger partial charge on any atom is -0.461 e. The summed E-state index contributed by atoms with van der Waals surface area (Å²) in [5.74, 6) is -6.95. The van der Waals surface area contributed by atoms with Crippen molar-refractivity contribution in [3.05, 3.63) is 0 Å². The number of esters is 2. The van der Waals surface area contributed by atoms with Crippen LogP contribution in [-0.2, 0) is 71.3 Å². The molecule has 0 aliphatic carbocycles. The number of methoxy groups -OCH3 is 3. The zero-order chi connectivity index (χ0) is 53.9. The first-order chi connectivity index (χ1) is 33.8. The Hall–Kier alpha value is -2.44. The lowest BCUT2D eigenvalue weighted by atomic mass is 9.74. The zero-order valence-corrected chi connectivity index (χ0v) is 46.2. The first kappa shape index (κ1) is 64.8. The first-order valence-electron chi connectivity index (χ1n) is 26.1. The van der Waals surface area contributed by atoms with Gasteiger partial charge >= 0.3 is 11.9 Å². The Kier molecular flexibility index (Phi) is 26.1. The highest BCUT2D eigenvalue weighted by atomic mass is 16.7. The number of aliphatic hydroxyl groups excluding tert-OH is 2. The number of Topliss-reactive ketones (excluding diaryl/α,β-unsaturated/α-hetero) is 1. The molecule has 1 unspecified atom stereocenters. The molecule has 20 heteroatoms. The molecule has 22 atom stereocenters. The minimum absolute atomic E-state index is 0. The normalized spacial score (nSPS) is 41.8. The van der Waals surface area contributed by atoms with Crippen LogP contribution in [0, 0.1) is 41.4 Å². The molecule has 0 saturated carbocycles. The van der Waals surface area contributed by atoms with Gasteiger partial charge in [-0.05, 0) is 59.8 Å². The summed E-state index contributed by atoms with van der Waals surface area (Å²) in [7, 11) is 5.96. The predicted molar refractivity (Wildman–Crippen MR) is 270 cm³/mol. The van der Waals surface area contributed by atoms with Crippen LogP contribution in [0.15, 0.2) is 5.16 Å². The lowest BCUT2D eigenvalue weighted by molar-refractivity contribution is -0.305. The number of nitrogens with zero attached hydrogens (tertiary/aromatic N) is 2. The molecule has 20 nitrogen and oxygen atoms in total. The number of cyclic esters (lactones) is 1. The summed E-state index contributed by atoms with van der Waals surface area (Å²) in [5.41, 5.74) is -1.71. The fourth-order valence-corrected chi connectivity index (χ4v) is 11.1. The van der Waals surface area contributed by atoms with Crippen molar-refractivity contribution in [1.29, 1.82) is 0 Å². The van der Waals surface area contributed by atoms with E-state index in [0.717, 1.165) is 0 Å². The SMILES string of the molecule is C.COCCN1C[C@H](C)O[C@@H](O[C@H]2[C@H](C)[C@@H](O[C@@H]3O[C@H](C)C/C(=N\OC)[C@H]3O)[C@@H](C)C[C@](C)(O)C(=O)[C@H](C)[C@H](OC(=O)CC(C)C)[C@@H](C)[C@@H]([C@@H](C)CO[C@@H]3O[C@H](C)[C@@H](O)[C@@H](OC)[C@H]3OC)OC(=O)[C@@H]2C)CC1C. The van der Waals surface area contributed by atoms with Gasteiger partial charge in [-0.25, -0.2) is 0 Å². The molecule has 4 heterocycles. The van der Waals surface area contributed by atoms with Crippen LogP contribution < -0.4 is 0 Å². The number of hydrogen-bond acceptors (Lipinski definition) is 20. The molecular weight excluding hydrogens is 953 g/mol. The molecule has 4 rings (SSSR count). The second-order valence-electron chi connectivity index (χ2n) is 21.9. The van der Waals surface area contributed by atoms with E-state index in [2.05, 4.69) is 17.0 Å². The Labute approximate surface area is 436 Å². The third-order valence-corrected chi connectivity index (χ3v) is 15.0. The summed E-state index contributed by atoms with van der Waals surface area (Å²) in [6, 6.07) is -0.0105. The molecule has 0 aromatic carbocycles. The van der Waals surface area contributed by atoms with Gasteiger partial charge in [-0.15, -0.1) is 0 Å². The molecule has 426 valence electrons. The van der Waals surface area contributed by atoms with Gasteiger partial charge in [0.25, 0.3) is 0 Å². The molecular formula is C53H96N2O18. The van der Waals surface area contributed by atoms with Gasteiger partial charge in [-0.3, -0.25) is 19.3 Å². The monoisotopic (exact) mass is 1050 g/mol. The molecule has 4 saturated heterocycles. The Balaban J connectivity index is 0.0000141. The van der Waals surface area contributed by atoms with E-state index in [-0.39, 0.29) is 51.4 Å². The molecule has 4 aliphatic rings. The summed E-state index contributed by atoms with van der Waals surface area (Å²) < 4.78 is 68.8. The molecule has 4 fully saturated rings. The highest BCUT2D eigenvalue weighted by Gasteiger charge is 2.51. The topological polar surface area (TPSA) is 238 Å². The largest absolute Gasteiger partial charge is 0.461 e. The fourth-order valence-electron chi connectivity index (χ4n) is 11.1. The van der Waals surface area contributed by atoms with Gasteiger partial charge in [0.1, 0.15) is 49.3 Å². The van der Waals surface area contributed by atoms with Crippen LogP contribution in [0.3, 0.4) is 0 Å². The van der Waals surface area contributed by atoms with E-state index in [0.29, 0.717) is 31.8 Å². The number of aliphatic hydroxyl groups is 3. The van der Waals surface area contributed by atoms with Gasteiger partial charge < -0.3 is 72.3 Å². The molecule has 0 aromatic heterocycles. The van der Waals surface area contributed by atoms with Crippen molar-refractivity contribution in [2.45, 2.75) is 221 Å². The quantitative estimate of drug-likeness (QED) is 0.129. The molecule has 0 spiro atoms. The maximum atomic E-state index is 15.2. The molecule has 0 amide bonds. The Morgan fingerprint density at radius 3 is 2.08 bits per heavy atom. The molecule has 3 N–H and O–H groups in total. The van der Waals surface area contributed by atoms with Crippen LogP contribution in [0.5, 0.6) is 0 Å². The van der Waals surface area contributed by atoms with E-state index in [1.807, 2.05) is 48.5 Å². The van der Waals surface area contributed by atoms with Gasteiger partial charge in [0.15, 0.2) is 24.7 Å². The second kappa shape index (κ2) is 29.3. The van der Waals surface area contributed by atoms with E-state index in [1.54, 1.807) is 34.8 Å². The van der Waals surface area contributed by atoms with Gasteiger partial charge in [0.05, 0.1) is 61.3 Å². The van der Waals surface area contributed by atoms with Gasteiger partial charge in [-0.1, -0.05) is 61.0 Å². The first-order valence-corrected chi connectivity index (χ1v) is 26.1. The number of carbonyl (C=O) groups excluding carboxylic acids is 3. The zero-order valence-electron chi connectivity index (χ0n) is 46.2. The van der Waals surface area contributed by atoms with Gasteiger partial charge in [0.2, 0.25) is 0 Å². The summed E-state index contributed by atoms with van der Waals surface area (Å²) in [6.07, 6.45) is -12.1. The van der Waals surface area contributed by atoms with Crippen LogP contribution in [0.4, 0.5) is 0 Å². The minimum atomic E-state index is -2.02. The van der Waals surface area contributed by atoms with Crippen molar-refractivity contribution in [2.24, 2.45) is 46.6 Å². The molecule has 73 heavy (non-hydrogen) atoms. The number of rotatable bonds is 17. The van der Waals surface area contributed by atoms with E-state index >= 15 is 4.79 Å². The van der Waals surface area contributed by atoms with Crippen molar-refractivity contribution >= 4 is 23.4 Å². The van der Waals surface area contributed by atoms with Crippen LogP contribution in [0.1, 0.15) is 123 Å². The van der Waals surface area contributed by atoms with Crippen molar-refractivity contribution in [1.82, 2.24) is 4.90 Å². The van der Waals surface area contributed by atoms with Crippen LogP contribution in [-0.4, -0.2) is 196 Å². The smallest absolute Gasteiger partial charge is 0.311 e. The van der Waals surface area contributed by atoms with E-state index in [4.69, 9.17) is 56.9 Å². The highest BCUT2D eigenvalue weighted by Crippen LogP contribution is 2.39. The maximum absolute atomic E-state index is 15.2. The molecule has 0 aromatic rings. The number of oxime groups is 1. The van der Waals surface area contributed by atoms with Crippen molar-refractivity contribution < 1.29 is 86.6 Å². The van der Waals surface area contributed by atoms with E-state index < -0.39 is 139 Å². The van der Waals surface area contributed by atoms with Crippen molar-refractivity contribution in [3.8, 4) is 0 Å². The number of hydrogen-bond donors (Lipinski definition) is 3. The lowest BCUT2D eigenvalue weighted by Gasteiger charge is -2.44. The predicted octanol–water partition coefficient (Wildman–Crippen LogP) is 4.93. The summed E-state index contributed by atoms with van der Waals surface area (Å²) in [5, 5.41) is 39.0. The third-order valence-electron chi connectivity index (χ3n) is 15.0. The Bertz CT molecular complexity index is 1720. The van der Waals surface area contributed by atoms with E-state index in [9.17, 15) is 24.9 Å². The molecule has 0 radical (unpaired) electrons. The van der Waals surface area contributed by atoms with Crippen LogP contribution in [0.25, 0.3) is 0 Å². The van der Waals surface area contributed by atoms with Crippen LogP contribution >= 0.6 is 0 Å². The Morgan fingerprint density at radius 2 is 1.48 bits per heavy atom. The molecule has 4 aliphatic heterocycles. The number of ether oxygens (including phenoxy) is 11. The highest BCUT2D eigenvalue weighted by molar-refractivity contribution is 5.90. The summed E-state index contributed by atoms with van der Waals surface area (Å²) in [4.78, 5) is 51.2. The van der Waals surface area contributed by atoms with E-state index in [1.165, 1.54) is 28.3 Å².